The van der Waals surface area contributed by atoms with E-state index in [0.717, 1.165) is 37.1 Å². The number of anilines is 2. The number of piperazine rings is 1. The molecular formula is C32H32ClF3N9O2S+. The number of benzene rings is 2. The zero-order chi connectivity index (χ0) is 33.3. The Morgan fingerprint density at radius 1 is 1.15 bits per heavy atom. The second kappa shape index (κ2) is 11.8. The number of hydrogen-bond acceptors (Lipinski definition) is 9. The normalized spacial score (nSPS) is 24.3. The van der Waals surface area contributed by atoms with Crippen molar-refractivity contribution < 1.29 is 22.7 Å². The highest BCUT2D eigenvalue weighted by Crippen LogP contribution is 2.44. The number of hydrogen-bond donors (Lipinski definition) is 1. The smallest absolute Gasteiger partial charge is 0.352 e. The lowest BCUT2D eigenvalue weighted by molar-refractivity contribution is 0.100. The molecule has 16 heteroatoms. The monoisotopic (exact) mass is 698 g/mol. The molecule has 2 N–H and O–H groups in total. The molecular weight excluding hydrogens is 667 g/mol. The van der Waals surface area contributed by atoms with Crippen LogP contribution < -0.4 is 15.4 Å². The fourth-order valence-electron chi connectivity index (χ4n) is 7.60. The van der Waals surface area contributed by atoms with Gasteiger partial charge in [-0.3, -0.25) is 9.80 Å². The first-order valence-corrected chi connectivity index (χ1v) is 17.1. The topological polar surface area (TPSA) is 108 Å². The van der Waals surface area contributed by atoms with Crippen LogP contribution in [0.1, 0.15) is 25.7 Å². The number of nitrogens with zero attached hydrogens (tertiary/aromatic N) is 8. The minimum atomic E-state index is -0.944. The molecule has 6 heterocycles. The van der Waals surface area contributed by atoms with Crippen LogP contribution in [0.5, 0.6) is 6.01 Å². The number of amides is 2. The minimum Gasteiger partial charge on any atom is -0.461 e. The number of alkyl halides is 1. The van der Waals surface area contributed by atoms with Crippen LogP contribution in [0.4, 0.5) is 28.9 Å². The summed E-state index contributed by atoms with van der Waals surface area (Å²) in [6.07, 6.45) is 1.54. The molecule has 0 aliphatic carbocycles. The maximum atomic E-state index is 16.8. The predicted molar refractivity (Wildman–Crippen MR) is 179 cm³/mol. The molecule has 4 saturated heterocycles. The zero-order valence-electron chi connectivity index (χ0n) is 25.8. The average molecular weight is 699 g/mol. The van der Waals surface area contributed by atoms with Gasteiger partial charge in [0, 0.05) is 62.2 Å². The van der Waals surface area contributed by atoms with Crippen molar-refractivity contribution in [3.63, 3.8) is 0 Å². The number of nitrogens with two attached hydrogens (primary N) is 1. The van der Waals surface area contributed by atoms with Crippen LogP contribution in [-0.2, 0) is 0 Å². The molecule has 4 fully saturated rings. The highest BCUT2D eigenvalue weighted by molar-refractivity contribution is 7.22. The molecule has 0 bridgehead atoms. The number of halogens is 4. The second-order valence-corrected chi connectivity index (χ2v) is 14.3. The number of nitrogen functional groups attached to an aromatic ring is 1. The van der Waals surface area contributed by atoms with E-state index in [1.54, 1.807) is 15.9 Å². The number of carbonyl (C=O) groups excluding carboxylic acids is 1. The van der Waals surface area contributed by atoms with Crippen LogP contribution in [0.3, 0.4) is 0 Å². The van der Waals surface area contributed by atoms with Crippen molar-refractivity contribution in [1.29, 1.82) is 0 Å². The molecule has 4 aromatic rings. The van der Waals surface area contributed by atoms with Gasteiger partial charge in [-0.25, -0.2) is 22.9 Å². The van der Waals surface area contributed by atoms with E-state index in [4.69, 9.17) is 33.6 Å². The van der Waals surface area contributed by atoms with E-state index in [9.17, 15) is 13.6 Å². The minimum absolute atomic E-state index is 0.00321. The van der Waals surface area contributed by atoms with Crippen molar-refractivity contribution in [1.82, 2.24) is 29.7 Å². The predicted octanol–water partition coefficient (Wildman–Crippen LogP) is 5.61. The molecule has 8 rings (SSSR count). The molecule has 0 saturated carbocycles. The number of urea groups is 1. The lowest BCUT2D eigenvalue weighted by Gasteiger charge is -2.40. The quantitative estimate of drug-likeness (QED) is 0.287. The second-order valence-electron chi connectivity index (χ2n) is 12.8. The first kappa shape index (κ1) is 31.2. The Morgan fingerprint density at radius 2 is 1.96 bits per heavy atom. The van der Waals surface area contributed by atoms with Crippen molar-refractivity contribution in [2.24, 2.45) is 0 Å². The zero-order valence-corrected chi connectivity index (χ0v) is 27.4. The van der Waals surface area contributed by atoms with Crippen LogP contribution in [-0.4, -0.2) is 106 Å². The Morgan fingerprint density at radius 3 is 2.71 bits per heavy atom. The van der Waals surface area contributed by atoms with Gasteiger partial charge in [0.2, 0.25) is 0 Å². The highest BCUT2D eigenvalue weighted by Gasteiger charge is 2.49. The van der Waals surface area contributed by atoms with Gasteiger partial charge in [-0.15, -0.1) is 0 Å². The van der Waals surface area contributed by atoms with Gasteiger partial charge in [-0.1, -0.05) is 27.8 Å². The first-order valence-electron chi connectivity index (χ1n) is 15.9. The lowest BCUT2D eigenvalue weighted by Crippen LogP contribution is -2.58. The van der Waals surface area contributed by atoms with Crippen molar-refractivity contribution in [2.45, 2.75) is 43.6 Å². The van der Waals surface area contributed by atoms with E-state index < -0.39 is 23.3 Å². The number of ether oxygens (including phenoxy) is 1. The summed E-state index contributed by atoms with van der Waals surface area (Å²) in [4.78, 5) is 37.9. The third-order valence-corrected chi connectivity index (χ3v) is 11.3. The third-order valence-electron chi connectivity index (χ3n) is 10.1. The summed E-state index contributed by atoms with van der Waals surface area (Å²) < 4.78 is 52.4. The van der Waals surface area contributed by atoms with Gasteiger partial charge >= 0.3 is 18.2 Å². The number of rotatable bonds is 5. The molecule has 11 nitrogen and oxygen atoms in total. The van der Waals surface area contributed by atoms with Gasteiger partial charge in [0.15, 0.2) is 10.9 Å². The first-order chi connectivity index (χ1) is 23.2. The third kappa shape index (κ3) is 5.03. The Hall–Kier alpha value is -4.13. The highest BCUT2D eigenvalue weighted by atomic mass is 35.5. The number of thiazole rings is 1. The summed E-state index contributed by atoms with van der Waals surface area (Å²) >= 11 is 7.76. The molecule has 2 aromatic heterocycles. The van der Waals surface area contributed by atoms with E-state index in [0.29, 0.717) is 56.9 Å². The lowest BCUT2D eigenvalue weighted by atomic mass is 9.95. The van der Waals surface area contributed by atoms with Crippen molar-refractivity contribution in [3.8, 4) is 23.7 Å². The maximum Gasteiger partial charge on any atom is 0.352 e. The van der Waals surface area contributed by atoms with Gasteiger partial charge in [0.05, 0.1) is 27.2 Å². The van der Waals surface area contributed by atoms with Crippen molar-refractivity contribution >= 4 is 61.0 Å². The summed E-state index contributed by atoms with van der Waals surface area (Å²) in [5, 5.41) is 0.539. The van der Waals surface area contributed by atoms with E-state index >= 15 is 4.39 Å². The average Bonchev–Trinajstić information content (AvgIpc) is 3.72. The molecule has 4 aliphatic rings. The van der Waals surface area contributed by atoms with Gasteiger partial charge in [0.1, 0.15) is 29.9 Å². The fourth-order valence-corrected chi connectivity index (χ4v) is 8.65. The van der Waals surface area contributed by atoms with E-state index in [-0.39, 0.29) is 61.8 Å². The van der Waals surface area contributed by atoms with Gasteiger partial charge in [-0.2, -0.15) is 9.97 Å². The summed E-state index contributed by atoms with van der Waals surface area (Å²) in [7, 11) is 0. The standard InChI is InChI=1S/C32H32ClF3N9O2S/c1-38-22-5-8-45(22)31(46)43-11-9-42(10-12-43)28-19-13-20(33)23(18-3-4-21(35)27-26(18)39-29(37)48-27)24(36)25(19)40-30(41-28)47-16-32-6-2-7-44(32)15-17(34)14-32/h1,3-4,13,17,22H,2,5-12,14-16H2,(H2,37,39)/q+1/t17-,22-,32+/m1/s1. The Labute approximate surface area is 282 Å². The SMILES string of the molecule is C#[N+][C@H]1CCN1C(=O)N1CCN(c2nc(OC[C@@]34CCCN3C[C@H](F)C4)nc3c(F)c(-c4ccc(F)c5sc(N)nc45)c(Cl)cc23)CC1. The van der Waals surface area contributed by atoms with Crippen LogP contribution in [0.2, 0.25) is 5.02 Å². The molecule has 3 atom stereocenters. The van der Waals surface area contributed by atoms with Gasteiger partial charge in [0.25, 0.3) is 6.57 Å². The maximum absolute atomic E-state index is 16.8. The van der Waals surface area contributed by atoms with Crippen molar-refractivity contribution in [2.75, 3.05) is 63.1 Å². The summed E-state index contributed by atoms with van der Waals surface area (Å²) in [6.45, 7) is 8.92. The Kier molecular flexibility index (Phi) is 7.65. The fraction of sp³-hybridized carbons (Fsp3) is 0.469. The molecule has 2 aromatic carbocycles. The summed E-state index contributed by atoms with van der Waals surface area (Å²) in [5.41, 5.74) is 5.85. The molecule has 250 valence electrons. The largest absolute Gasteiger partial charge is 0.461 e. The molecule has 48 heavy (non-hydrogen) atoms. The summed E-state index contributed by atoms with van der Waals surface area (Å²) in [5.74, 6) is -0.882. The number of aromatic nitrogens is 3. The van der Waals surface area contributed by atoms with E-state index in [1.165, 1.54) is 12.1 Å². The van der Waals surface area contributed by atoms with Crippen LogP contribution in [0, 0.1) is 18.2 Å². The van der Waals surface area contributed by atoms with Crippen LogP contribution >= 0.6 is 22.9 Å². The summed E-state index contributed by atoms with van der Waals surface area (Å²) in [6, 6.07) is 4.05. The van der Waals surface area contributed by atoms with Crippen LogP contribution in [0.25, 0.3) is 37.1 Å². The molecule has 0 spiro atoms. The number of likely N-dealkylation sites (tertiary alicyclic amines) is 1. The number of carbonyl (C=O) groups is 1. The van der Waals surface area contributed by atoms with E-state index in [2.05, 4.69) is 19.7 Å². The molecule has 0 unspecified atom stereocenters. The van der Waals surface area contributed by atoms with Crippen LogP contribution in [0.15, 0.2) is 18.2 Å². The molecule has 2 amide bonds. The van der Waals surface area contributed by atoms with E-state index in [1.807, 2.05) is 4.90 Å². The number of fused-ring (bicyclic) bond motifs is 3. The Bertz CT molecular complexity index is 2000. The Balaban J connectivity index is 1.18. The van der Waals surface area contributed by atoms with Crippen molar-refractivity contribution in [3.05, 3.63) is 39.7 Å². The molecule has 4 aliphatic heterocycles. The van der Waals surface area contributed by atoms with Gasteiger partial charge < -0.3 is 20.3 Å². The molecule has 0 radical (unpaired) electrons. The van der Waals surface area contributed by atoms with Gasteiger partial charge in [-0.05, 0) is 37.6 Å².